The summed E-state index contributed by atoms with van der Waals surface area (Å²) in [4.78, 5) is 20.5. The molecular formula is C20H16N2O2S2. The summed E-state index contributed by atoms with van der Waals surface area (Å²) in [7, 11) is 0. The number of thiophene rings is 1. The smallest absolute Gasteiger partial charge is 0.233 e. The third kappa shape index (κ3) is 3.76. The minimum Gasteiger partial charge on any atom is -0.467 e. The zero-order valence-corrected chi connectivity index (χ0v) is 15.5. The molecule has 0 fully saturated rings. The molecule has 3 aromatic heterocycles. The Balaban J connectivity index is 1.54. The first-order valence-corrected chi connectivity index (χ1v) is 9.91. The second-order valence-corrected chi connectivity index (χ2v) is 7.50. The lowest BCUT2D eigenvalue weighted by Crippen LogP contribution is -2.31. The van der Waals surface area contributed by atoms with Crippen molar-refractivity contribution in [1.82, 2.24) is 4.98 Å². The Morgan fingerprint density at radius 3 is 2.65 bits per heavy atom. The van der Waals surface area contributed by atoms with Crippen LogP contribution in [0.1, 0.15) is 11.5 Å². The van der Waals surface area contributed by atoms with E-state index in [4.69, 9.17) is 4.42 Å². The van der Waals surface area contributed by atoms with Crippen molar-refractivity contribution < 1.29 is 9.21 Å². The molecule has 4 rings (SSSR count). The van der Waals surface area contributed by atoms with Gasteiger partial charge in [-0.15, -0.1) is 22.7 Å². The van der Waals surface area contributed by atoms with Gasteiger partial charge >= 0.3 is 0 Å². The van der Waals surface area contributed by atoms with Crippen LogP contribution in [0.3, 0.4) is 0 Å². The molecule has 0 bridgehead atoms. The fourth-order valence-electron chi connectivity index (χ4n) is 2.64. The number of hydrogen-bond acceptors (Lipinski definition) is 5. The van der Waals surface area contributed by atoms with Gasteiger partial charge in [0.1, 0.15) is 10.8 Å². The van der Waals surface area contributed by atoms with Crippen LogP contribution in [0.25, 0.3) is 9.88 Å². The van der Waals surface area contributed by atoms with Gasteiger partial charge in [-0.1, -0.05) is 24.3 Å². The molecule has 0 atom stereocenters. The van der Waals surface area contributed by atoms with E-state index < -0.39 is 0 Å². The number of thiazole rings is 1. The number of nitrogens with zero attached hydrogens (tertiary/aromatic N) is 2. The molecule has 1 aromatic carbocycles. The topological polar surface area (TPSA) is 46.3 Å². The van der Waals surface area contributed by atoms with E-state index >= 15 is 0 Å². The van der Waals surface area contributed by atoms with Gasteiger partial charge in [0.25, 0.3) is 0 Å². The molecule has 0 aliphatic carbocycles. The van der Waals surface area contributed by atoms with Gasteiger partial charge in [0.2, 0.25) is 5.91 Å². The van der Waals surface area contributed by atoms with Crippen molar-refractivity contribution in [2.75, 3.05) is 4.90 Å². The molecule has 4 aromatic rings. The maximum atomic E-state index is 13.0. The predicted octanol–water partition coefficient (Wildman–Crippen LogP) is 5.24. The quantitative estimate of drug-likeness (QED) is 0.459. The largest absolute Gasteiger partial charge is 0.467 e. The van der Waals surface area contributed by atoms with Crippen LogP contribution in [0.2, 0.25) is 0 Å². The molecule has 1 amide bonds. The van der Waals surface area contributed by atoms with Crippen LogP contribution >= 0.6 is 22.7 Å². The van der Waals surface area contributed by atoms with Crippen LogP contribution in [0.15, 0.2) is 76.0 Å². The minimum atomic E-state index is -0.00405. The van der Waals surface area contributed by atoms with Crippen molar-refractivity contribution in [2.24, 2.45) is 0 Å². The summed E-state index contributed by atoms with van der Waals surface area (Å²) in [5.41, 5.74) is 1.64. The number of benzene rings is 1. The minimum absolute atomic E-state index is 0.00405. The molecular weight excluding hydrogens is 364 g/mol. The van der Waals surface area contributed by atoms with E-state index in [9.17, 15) is 4.79 Å². The number of furan rings is 1. The lowest BCUT2D eigenvalue weighted by molar-refractivity contribution is -0.118. The fourth-order valence-corrected chi connectivity index (χ4v) is 4.28. The molecule has 0 unspecified atom stereocenters. The van der Waals surface area contributed by atoms with Gasteiger partial charge in [0.05, 0.1) is 29.8 Å². The van der Waals surface area contributed by atoms with Crippen molar-refractivity contribution in [3.05, 3.63) is 83.1 Å². The molecule has 0 spiro atoms. The van der Waals surface area contributed by atoms with Crippen LogP contribution in [0.5, 0.6) is 0 Å². The molecule has 0 radical (unpaired) electrons. The summed E-state index contributed by atoms with van der Waals surface area (Å²) in [6, 6.07) is 17.4. The number of carbonyl (C=O) groups is 1. The highest BCUT2D eigenvalue weighted by molar-refractivity contribution is 7.20. The lowest BCUT2D eigenvalue weighted by Gasteiger charge is -2.21. The first-order valence-electron chi connectivity index (χ1n) is 8.15. The average molecular weight is 380 g/mol. The highest BCUT2D eigenvalue weighted by Gasteiger charge is 2.19. The van der Waals surface area contributed by atoms with Crippen molar-refractivity contribution in [1.29, 1.82) is 0 Å². The average Bonchev–Trinajstić information content (AvgIpc) is 3.42. The molecule has 0 N–H and O–H groups in total. The van der Waals surface area contributed by atoms with Crippen molar-refractivity contribution in [2.45, 2.75) is 13.0 Å². The molecule has 0 aliphatic rings. The van der Waals surface area contributed by atoms with E-state index in [1.165, 1.54) is 0 Å². The molecule has 4 nitrogen and oxygen atoms in total. The normalized spacial score (nSPS) is 10.8. The summed E-state index contributed by atoms with van der Waals surface area (Å²) in [6.45, 7) is 0.401. The maximum absolute atomic E-state index is 13.0. The van der Waals surface area contributed by atoms with Gasteiger partial charge in [-0.05, 0) is 35.7 Å². The van der Waals surface area contributed by atoms with E-state index in [1.54, 1.807) is 33.8 Å². The second kappa shape index (κ2) is 7.68. The van der Waals surface area contributed by atoms with Gasteiger partial charge in [0, 0.05) is 11.1 Å². The number of carbonyl (C=O) groups excluding carboxylic acids is 1. The Hall–Kier alpha value is -2.70. The summed E-state index contributed by atoms with van der Waals surface area (Å²) in [5.74, 6) is 0.746. The number of para-hydroxylation sites is 1. The molecule has 0 aliphatic heterocycles. The molecule has 26 heavy (non-hydrogen) atoms. The zero-order chi connectivity index (χ0) is 17.8. The highest BCUT2D eigenvalue weighted by Crippen LogP contribution is 2.28. The van der Waals surface area contributed by atoms with Gasteiger partial charge in [-0.3, -0.25) is 4.79 Å². The summed E-state index contributed by atoms with van der Waals surface area (Å²) < 4.78 is 5.43. The Labute approximate surface area is 159 Å². The molecule has 0 saturated heterocycles. The third-order valence-corrected chi connectivity index (χ3v) is 5.81. The first kappa shape index (κ1) is 16.8. The predicted molar refractivity (Wildman–Crippen MR) is 105 cm³/mol. The Morgan fingerprint density at radius 2 is 1.92 bits per heavy atom. The van der Waals surface area contributed by atoms with Crippen LogP contribution in [-0.2, 0) is 17.8 Å². The summed E-state index contributed by atoms with van der Waals surface area (Å²) in [6.07, 6.45) is 1.88. The lowest BCUT2D eigenvalue weighted by atomic mass is 10.2. The van der Waals surface area contributed by atoms with Gasteiger partial charge < -0.3 is 9.32 Å². The fraction of sp³-hybridized carbons (Fsp3) is 0.100. The van der Waals surface area contributed by atoms with Crippen molar-refractivity contribution >= 4 is 34.3 Å². The Kier molecular flexibility index (Phi) is 4.95. The van der Waals surface area contributed by atoms with E-state index in [-0.39, 0.29) is 12.3 Å². The third-order valence-electron chi connectivity index (χ3n) is 3.88. The number of anilines is 1. The SMILES string of the molecule is O=C(Cc1csc(-c2cccs2)n1)N(Cc1ccco1)c1ccccc1. The van der Waals surface area contributed by atoms with Crippen LogP contribution in [0.4, 0.5) is 5.69 Å². The summed E-state index contributed by atoms with van der Waals surface area (Å²) in [5, 5.41) is 4.95. The Bertz CT molecular complexity index is 961. The van der Waals surface area contributed by atoms with E-state index in [2.05, 4.69) is 4.98 Å². The second-order valence-electron chi connectivity index (χ2n) is 5.69. The van der Waals surface area contributed by atoms with Gasteiger partial charge in [-0.2, -0.15) is 0 Å². The van der Waals surface area contributed by atoms with Crippen LogP contribution < -0.4 is 4.90 Å². The number of rotatable bonds is 6. The molecule has 3 heterocycles. The van der Waals surface area contributed by atoms with Crippen molar-refractivity contribution in [3.8, 4) is 9.88 Å². The number of hydrogen-bond donors (Lipinski definition) is 0. The first-order chi connectivity index (χ1) is 12.8. The van der Waals surface area contributed by atoms with E-state index in [0.717, 1.165) is 27.0 Å². The monoisotopic (exact) mass is 380 g/mol. The van der Waals surface area contributed by atoms with Gasteiger partial charge in [0.15, 0.2) is 0 Å². The molecule has 6 heteroatoms. The standard InChI is InChI=1S/C20H16N2O2S2/c23-19(12-15-14-26-20(21-15)18-9-5-11-25-18)22(13-17-8-4-10-24-17)16-6-2-1-3-7-16/h1-11,14H,12-13H2. The zero-order valence-electron chi connectivity index (χ0n) is 13.9. The van der Waals surface area contributed by atoms with Crippen LogP contribution in [-0.4, -0.2) is 10.9 Å². The number of aromatic nitrogens is 1. The molecule has 130 valence electrons. The van der Waals surface area contributed by atoms with Gasteiger partial charge in [-0.25, -0.2) is 4.98 Å². The highest BCUT2D eigenvalue weighted by atomic mass is 32.1. The van der Waals surface area contributed by atoms with E-state index in [1.807, 2.05) is 65.4 Å². The Morgan fingerprint density at radius 1 is 1.04 bits per heavy atom. The number of amides is 1. The van der Waals surface area contributed by atoms with Crippen LogP contribution in [0, 0.1) is 0 Å². The maximum Gasteiger partial charge on any atom is 0.233 e. The summed E-state index contributed by atoms with van der Waals surface area (Å²) >= 11 is 3.23. The molecule has 0 saturated carbocycles. The van der Waals surface area contributed by atoms with E-state index in [0.29, 0.717) is 6.54 Å². The van der Waals surface area contributed by atoms with Crippen molar-refractivity contribution in [3.63, 3.8) is 0 Å².